The highest BCUT2D eigenvalue weighted by molar-refractivity contribution is 6.36. The third kappa shape index (κ3) is 2.70. The minimum Gasteiger partial charge on any atom is -0.423 e. The SMILES string of the molecule is c1ccc(-n2c3ccccc3c3c4ccccc4c4c5ccccc5n(-c5nc6ccccc6o5)c4c32)cc1. The smallest absolute Gasteiger partial charge is 0.307 e. The van der Waals surface area contributed by atoms with E-state index in [1.807, 2.05) is 24.3 Å². The molecule has 0 saturated carbocycles. The predicted octanol–water partition coefficient (Wildman–Crippen LogP) is 9.18. The normalized spacial score (nSPS) is 12.1. The maximum absolute atomic E-state index is 6.45. The number of para-hydroxylation sites is 5. The molecule has 0 N–H and O–H groups in total. The van der Waals surface area contributed by atoms with E-state index in [1.165, 1.54) is 37.8 Å². The first kappa shape index (κ1) is 20.7. The van der Waals surface area contributed by atoms with Gasteiger partial charge in [0.05, 0.1) is 22.1 Å². The summed E-state index contributed by atoms with van der Waals surface area (Å²) in [6, 6.07) is 45.2. The summed E-state index contributed by atoms with van der Waals surface area (Å²) in [5, 5.41) is 7.31. The number of fused-ring (bicyclic) bond motifs is 11. The fraction of sp³-hybridized carbons (Fsp3) is 0. The second kappa shape index (κ2) is 7.59. The van der Waals surface area contributed by atoms with Crippen molar-refractivity contribution >= 4 is 65.5 Å². The van der Waals surface area contributed by atoms with Gasteiger partial charge in [-0.15, -0.1) is 0 Å². The summed E-state index contributed by atoms with van der Waals surface area (Å²) in [5.41, 5.74) is 7.23. The molecule has 0 bridgehead atoms. The molecule has 0 atom stereocenters. The molecule has 39 heavy (non-hydrogen) atoms. The Balaban J connectivity index is 1.64. The van der Waals surface area contributed by atoms with E-state index in [2.05, 4.69) is 112 Å². The van der Waals surface area contributed by atoms with E-state index in [-0.39, 0.29) is 0 Å². The molecule has 0 aliphatic heterocycles. The van der Waals surface area contributed by atoms with E-state index in [1.54, 1.807) is 0 Å². The van der Waals surface area contributed by atoms with Gasteiger partial charge in [-0.2, -0.15) is 4.98 Å². The van der Waals surface area contributed by atoms with Crippen LogP contribution in [-0.4, -0.2) is 14.1 Å². The van der Waals surface area contributed by atoms with Gasteiger partial charge in [0, 0.05) is 27.2 Å². The van der Waals surface area contributed by atoms with Crippen LogP contribution in [0.2, 0.25) is 0 Å². The van der Waals surface area contributed by atoms with Gasteiger partial charge in [-0.1, -0.05) is 91.0 Å². The lowest BCUT2D eigenvalue weighted by atomic mass is 9.98. The molecule has 0 spiro atoms. The number of oxazole rings is 1. The average Bonchev–Trinajstić information content (AvgIpc) is 3.67. The minimum absolute atomic E-state index is 0.573. The van der Waals surface area contributed by atoms with Crippen molar-refractivity contribution in [2.75, 3.05) is 0 Å². The molecule has 4 nitrogen and oxygen atoms in total. The molecule has 0 radical (unpaired) electrons. The van der Waals surface area contributed by atoms with Gasteiger partial charge in [0.2, 0.25) is 0 Å². The Labute approximate surface area is 222 Å². The van der Waals surface area contributed by atoms with Crippen molar-refractivity contribution in [1.29, 1.82) is 0 Å². The summed E-state index contributed by atoms with van der Waals surface area (Å²) in [5.74, 6) is 0. The fourth-order valence-electron chi connectivity index (χ4n) is 6.39. The molecule has 9 aromatic rings. The van der Waals surface area contributed by atoms with Crippen LogP contribution in [0.5, 0.6) is 0 Å². The van der Waals surface area contributed by atoms with E-state index in [0.29, 0.717) is 6.01 Å². The molecular formula is C35H21N3O. The van der Waals surface area contributed by atoms with Crippen LogP contribution in [0.3, 0.4) is 0 Å². The number of rotatable bonds is 2. The van der Waals surface area contributed by atoms with Crippen LogP contribution in [0.1, 0.15) is 0 Å². The van der Waals surface area contributed by atoms with Crippen LogP contribution in [0, 0.1) is 0 Å². The maximum Gasteiger partial charge on any atom is 0.307 e. The van der Waals surface area contributed by atoms with Gasteiger partial charge in [-0.3, -0.25) is 4.57 Å². The van der Waals surface area contributed by atoms with Crippen LogP contribution in [0.4, 0.5) is 0 Å². The summed E-state index contributed by atoms with van der Waals surface area (Å²) < 4.78 is 11.1. The lowest BCUT2D eigenvalue weighted by Crippen LogP contribution is -1.99. The summed E-state index contributed by atoms with van der Waals surface area (Å²) >= 11 is 0. The van der Waals surface area contributed by atoms with Crippen molar-refractivity contribution in [3.63, 3.8) is 0 Å². The molecule has 0 aliphatic rings. The Kier molecular flexibility index (Phi) is 4.02. The fourth-order valence-corrected chi connectivity index (χ4v) is 6.39. The monoisotopic (exact) mass is 499 g/mol. The molecular weight excluding hydrogens is 478 g/mol. The molecule has 6 aromatic carbocycles. The van der Waals surface area contributed by atoms with Gasteiger partial charge in [-0.25, -0.2) is 0 Å². The van der Waals surface area contributed by atoms with Crippen molar-refractivity contribution in [2.24, 2.45) is 0 Å². The third-order valence-electron chi connectivity index (χ3n) is 7.93. The zero-order chi connectivity index (χ0) is 25.5. The number of benzene rings is 6. The molecule has 9 rings (SSSR count). The van der Waals surface area contributed by atoms with Crippen molar-refractivity contribution in [3.05, 3.63) is 127 Å². The Bertz CT molecular complexity index is 2360. The second-order valence-electron chi connectivity index (χ2n) is 10.00. The highest BCUT2D eigenvalue weighted by atomic mass is 16.4. The quantitative estimate of drug-likeness (QED) is 0.238. The standard InChI is InChI=1S/C35H21N3O/c1-2-12-22(13-3-1)37-28-19-9-6-16-25(28)31-23-14-4-5-15-24(23)32-26-17-7-10-20-29(26)38(34(32)33(31)37)35-36-27-18-8-11-21-30(27)39-35/h1-21H. The number of nitrogens with zero attached hydrogens (tertiary/aromatic N) is 3. The largest absolute Gasteiger partial charge is 0.423 e. The topological polar surface area (TPSA) is 35.9 Å². The number of aromatic nitrogens is 3. The second-order valence-corrected chi connectivity index (χ2v) is 10.00. The molecule has 0 unspecified atom stereocenters. The van der Waals surface area contributed by atoms with Gasteiger partial charge in [0.25, 0.3) is 0 Å². The van der Waals surface area contributed by atoms with Crippen LogP contribution in [0.25, 0.3) is 77.2 Å². The lowest BCUT2D eigenvalue weighted by molar-refractivity contribution is 0.574. The molecule has 4 heteroatoms. The van der Waals surface area contributed by atoms with Gasteiger partial charge >= 0.3 is 6.01 Å². The number of hydrogen-bond acceptors (Lipinski definition) is 2. The highest BCUT2D eigenvalue weighted by Crippen LogP contribution is 2.46. The van der Waals surface area contributed by atoms with E-state index in [9.17, 15) is 0 Å². The first-order chi connectivity index (χ1) is 19.4. The summed E-state index contributed by atoms with van der Waals surface area (Å²) in [7, 11) is 0. The van der Waals surface area contributed by atoms with Crippen molar-refractivity contribution in [2.45, 2.75) is 0 Å². The lowest BCUT2D eigenvalue weighted by Gasteiger charge is -2.12. The van der Waals surface area contributed by atoms with Gasteiger partial charge in [-0.05, 0) is 47.2 Å². The van der Waals surface area contributed by atoms with Crippen molar-refractivity contribution in [1.82, 2.24) is 14.1 Å². The van der Waals surface area contributed by atoms with Gasteiger partial charge in [0.15, 0.2) is 5.58 Å². The summed E-state index contributed by atoms with van der Waals surface area (Å²) in [4.78, 5) is 4.99. The molecule has 3 aromatic heterocycles. The average molecular weight is 500 g/mol. The zero-order valence-electron chi connectivity index (χ0n) is 20.9. The van der Waals surface area contributed by atoms with E-state index in [4.69, 9.17) is 9.40 Å². The van der Waals surface area contributed by atoms with E-state index < -0.39 is 0 Å². The minimum atomic E-state index is 0.573. The summed E-state index contributed by atoms with van der Waals surface area (Å²) in [6.45, 7) is 0. The molecule has 0 amide bonds. The Morgan fingerprint density at radius 1 is 0.462 bits per heavy atom. The van der Waals surface area contributed by atoms with Crippen LogP contribution in [-0.2, 0) is 0 Å². The zero-order valence-corrected chi connectivity index (χ0v) is 20.9. The van der Waals surface area contributed by atoms with Crippen LogP contribution >= 0.6 is 0 Å². The molecule has 0 fully saturated rings. The van der Waals surface area contributed by atoms with Crippen molar-refractivity contribution < 1.29 is 4.42 Å². The van der Waals surface area contributed by atoms with E-state index in [0.717, 1.165) is 33.3 Å². The molecule has 3 heterocycles. The maximum atomic E-state index is 6.45. The number of hydrogen-bond donors (Lipinski definition) is 0. The summed E-state index contributed by atoms with van der Waals surface area (Å²) in [6.07, 6.45) is 0. The molecule has 0 saturated heterocycles. The Hall–Kier alpha value is -5.35. The van der Waals surface area contributed by atoms with Gasteiger partial charge < -0.3 is 8.98 Å². The Morgan fingerprint density at radius 3 is 1.64 bits per heavy atom. The van der Waals surface area contributed by atoms with E-state index >= 15 is 0 Å². The molecule has 182 valence electrons. The first-order valence-corrected chi connectivity index (χ1v) is 13.2. The van der Waals surface area contributed by atoms with Crippen LogP contribution in [0.15, 0.2) is 132 Å². The first-order valence-electron chi connectivity index (χ1n) is 13.2. The molecule has 0 aliphatic carbocycles. The highest BCUT2D eigenvalue weighted by Gasteiger charge is 2.25. The van der Waals surface area contributed by atoms with Crippen molar-refractivity contribution in [3.8, 4) is 11.7 Å². The predicted molar refractivity (Wildman–Crippen MR) is 160 cm³/mol. The third-order valence-corrected chi connectivity index (χ3v) is 7.93. The Morgan fingerprint density at radius 2 is 0.974 bits per heavy atom. The van der Waals surface area contributed by atoms with Gasteiger partial charge in [0.1, 0.15) is 5.52 Å². The van der Waals surface area contributed by atoms with Crippen LogP contribution < -0.4 is 0 Å².